The first-order valence-electron chi connectivity index (χ1n) is 4.90. The number of alkyl halides is 3. The summed E-state index contributed by atoms with van der Waals surface area (Å²) in [6.45, 7) is 3.49. The summed E-state index contributed by atoms with van der Waals surface area (Å²) in [7, 11) is 0. The van der Waals surface area contributed by atoms with Gasteiger partial charge in [-0.2, -0.15) is 13.2 Å². The Morgan fingerprint density at radius 3 is 2.25 bits per heavy atom. The summed E-state index contributed by atoms with van der Waals surface area (Å²) < 4.78 is 42.7. The lowest BCUT2D eigenvalue weighted by atomic mass is 10.1. The van der Waals surface area contributed by atoms with Crippen molar-refractivity contribution in [1.29, 1.82) is 0 Å². The topological polar surface area (TPSA) is 35.2 Å². The minimum Gasteiger partial charge on any atom is -0.491 e. The van der Waals surface area contributed by atoms with Gasteiger partial charge in [-0.3, -0.25) is 0 Å². The van der Waals surface area contributed by atoms with E-state index in [1.165, 1.54) is 18.2 Å². The molecule has 90 valence electrons. The second-order valence-electron chi connectivity index (χ2n) is 3.72. The number of halogens is 3. The van der Waals surface area contributed by atoms with Crippen molar-refractivity contribution < 1.29 is 17.9 Å². The molecule has 0 unspecified atom stereocenters. The van der Waals surface area contributed by atoms with Crippen LogP contribution in [-0.4, -0.2) is 12.3 Å². The van der Waals surface area contributed by atoms with Crippen LogP contribution < -0.4 is 10.5 Å². The number of para-hydroxylation sites is 1. The van der Waals surface area contributed by atoms with Gasteiger partial charge in [-0.15, -0.1) is 0 Å². The highest BCUT2D eigenvalue weighted by Gasteiger charge is 2.39. The zero-order valence-corrected chi connectivity index (χ0v) is 9.08. The summed E-state index contributed by atoms with van der Waals surface area (Å²) in [5.41, 5.74) is 5.11. The average Bonchev–Trinajstić information content (AvgIpc) is 2.15. The fourth-order valence-electron chi connectivity index (χ4n) is 1.28. The Morgan fingerprint density at radius 2 is 1.75 bits per heavy atom. The number of rotatable bonds is 3. The lowest BCUT2D eigenvalue weighted by Crippen LogP contribution is -2.29. The quantitative estimate of drug-likeness (QED) is 0.870. The van der Waals surface area contributed by atoms with Crippen LogP contribution in [0.2, 0.25) is 0 Å². The molecule has 0 saturated heterocycles. The summed E-state index contributed by atoms with van der Waals surface area (Å²) >= 11 is 0. The number of ether oxygens (including phenoxy) is 1. The predicted molar refractivity (Wildman–Crippen MR) is 55.2 cm³/mol. The molecule has 1 rings (SSSR count). The van der Waals surface area contributed by atoms with Gasteiger partial charge in [0.2, 0.25) is 0 Å². The molecular formula is C11H14F3NO. The van der Waals surface area contributed by atoms with Crippen molar-refractivity contribution in [1.82, 2.24) is 0 Å². The minimum absolute atomic E-state index is 0.0382. The van der Waals surface area contributed by atoms with E-state index in [4.69, 9.17) is 10.5 Å². The third-order valence-electron chi connectivity index (χ3n) is 1.97. The van der Waals surface area contributed by atoms with Crippen LogP contribution >= 0.6 is 0 Å². The molecule has 0 aliphatic carbocycles. The molecule has 0 aliphatic rings. The number of benzene rings is 1. The average molecular weight is 233 g/mol. The van der Waals surface area contributed by atoms with Crippen LogP contribution in [0.1, 0.15) is 25.5 Å². The van der Waals surface area contributed by atoms with E-state index in [1.807, 2.05) is 0 Å². The maximum atomic E-state index is 12.5. The van der Waals surface area contributed by atoms with Gasteiger partial charge in [0.15, 0.2) is 0 Å². The fraction of sp³-hybridized carbons (Fsp3) is 0.455. The molecule has 0 saturated carbocycles. The van der Waals surface area contributed by atoms with Gasteiger partial charge in [-0.25, -0.2) is 0 Å². The lowest BCUT2D eigenvalue weighted by Gasteiger charge is -2.20. The standard InChI is InChI=1S/C11H14F3NO/c1-7(2)16-9-6-4-3-5-8(9)10(15)11(12,13)14/h3-7,10H,15H2,1-2H3/t10-/m0/s1. The summed E-state index contributed by atoms with van der Waals surface area (Å²) in [5, 5.41) is 0. The number of hydrogen-bond donors (Lipinski definition) is 1. The Morgan fingerprint density at radius 1 is 1.19 bits per heavy atom. The zero-order valence-electron chi connectivity index (χ0n) is 9.08. The zero-order chi connectivity index (χ0) is 12.3. The Hall–Kier alpha value is -1.23. The van der Waals surface area contributed by atoms with Crippen LogP contribution in [0, 0.1) is 0 Å². The van der Waals surface area contributed by atoms with Crippen molar-refractivity contribution in [2.75, 3.05) is 0 Å². The van der Waals surface area contributed by atoms with Gasteiger partial charge >= 0.3 is 6.18 Å². The molecule has 0 aromatic heterocycles. The lowest BCUT2D eigenvalue weighted by molar-refractivity contribution is -0.149. The second kappa shape index (κ2) is 4.74. The van der Waals surface area contributed by atoms with Gasteiger partial charge < -0.3 is 10.5 Å². The van der Waals surface area contributed by atoms with Crippen LogP contribution in [0.25, 0.3) is 0 Å². The first-order valence-corrected chi connectivity index (χ1v) is 4.90. The van der Waals surface area contributed by atoms with Gasteiger partial charge in [-0.05, 0) is 19.9 Å². The van der Waals surface area contributed by atoms with Crippen LogP contribution in [0.5, 0.6) is 5.75 Å². The molecule has 0 radical (unpaired) electrons. The molecule has 0 heterocycles. The summed E-state index contributed by atoms with van der Waals surface area (Å²) in [6, 6.07) is 3.93. The predicted octanol–water partition coefficient (Wildman–Crippen LogP) is 3.04. The highest BCUT2D eigenvalue weighted by Crippen LogP contribution is 2.35. The van der Waals surface area contributed by atoms with Crippen molar-refractivity contribution in [2.24, 2.45) is 5.73 Å². The van der Waals surface area contributed by atoms with Gasteiger partial charge in [0.05, 0.1) is 6.10 Å². The van der Waals surface area contributed by atoms with E-state index in [0.717, 1.165) is 0 Å². The Balaban J connectivity index is 3.03. The van der Waals surface area contributed by atoms with Gasteiger partial charge in [-0.1, -0.05) is 18.2 Å². The summed E-state index contributed by atoms with van der Waals surface area (Å²) in [6.07, 6.45) is -4.65. The van der Waals surface area contributed by atoms with Crippen molar-refractivity contribution in [3.05, 3.63) is 29.8 Å². The molecule has 0 aliphatic heterocycles. The van der Waals surface area contributed by atoms with Crippen molar-refractivity contribution in [2.45, 2.75) is 32.2 Å². The Kier molecular flexibility index (Phi) is 3.80. The largest absolute Gasteiger partial charge is 0.491 e. The minimum atomic E-state index is -4.46. The molecule has 0 fully saturated rings. The SMILES string of the molecule is CC(C)Oc1ccccc1[C@H](N)C(F)(F)F. The van der Waals surface area contributed by atoms with Crippen LogP contribution in [0.4, 0.5) is 13.2 Å². The maximum Gasteiger partial charge on any atom is 0.407 e. The van der Waals surface area contributed by atoms with Gasteiger partial charge in [0.25, 0.3) is 0 Å². The van der Waals surface area contributed by atoms with E-state index in [9.17, 15) is 13.2 Å². The van der Waals surface area contributed by atoms with Crippen molar-refractivity contribution in [3.63, 3.8) is 0 Å². The van der Waals surface area contributed by atoms with Gasteiger partial charge in [0.1, 0.15) is 11.8 Å². The molecule has 0 amide bonds. The van der Waals surface area contributed by atoms with Crippen molar-refractivity contribution >= 4 is 0 Å². The summed E-state index contributed by atoms with van der Waals surface area (Å²) in [4.78, 5) is 0. The molecule has 2 N–H and O–H groups in total. The molecule has 2 nitrogen and oxygen atoms in total. The molecule has 1 atom stereocenters. The Labute approximate surface area is 92.2 Å². The molecule has 1 aromatic carbocycles. The molecule has 0 bridgehead atoms. The molecular weight excluding hydrogens is 219 g/mol. The molecule has 5 heteroatoms. The van der Waals surface area contributed by atoms with Crippen LogP contribution in [0.3, 0.4) is 0 Å². The monoisotopic (exact) mass is 233 g/mol. The fourth-order valence-corrected chi connectivity index (χ4v) is 1.28. The van der Waals surface area contributed by atoms with Gasteiger partial charge in [0, 0.05) is 5.56 Å². The van der Waals surface area contributed by atoms with Crippen molar-refractivity contribution in [3.8, 4) is 5.75 Å². The normalized spacial score (nSPS) is 13.9. The number of hydrogen-bond acceptors (Lipinski definition) is 2. The van der Waals surface area contributed by atoms with E-state index in [-0.39, 0.29) is 17.4 Å². The first-order chi connectivity index (χ1) is 7.32. The van der Waals surface area contributed by atoms with E-state index in [0.29, 0.717) is 0 Å². The Bertz CT molecular complexity index is 349. The third kappa shape index (κ3) is 3.13. The number of nitrogens with two attached hydrogens (primary N) is 1. The smallest absolute Gasteiger partial charge is 0.407 e. The summed E-state index contributed by atoms with van der Waals surface area (Å²) in [5.74, 6) is 0.183. The molecule has 16 heavy (non-hydrogen) atoms. The molecule has 0 spiro atoms. The van der Waals surface area contributed by atoms with Crippen LogP contribution in [0.15, 0.2) is 24.3 Å². The molecule has 1 aromatic rings. The first kappa shape index (κ1) is 12.8. The third-order valence-corrected chi connectivity index (χ3v) is 1.97. The van der Waals surface area contributed by atoms with E-state index >= 15 is 0 Å². The van der Waals surface area contributed by atoms with E-state index in [1.54, 1.807) is 19.9 Å². The van der Waals surface area contributed by atoms with Crippen LogP contribution in [-0.2, 0) is 0 Å². The van der Waals surface area contributed by atoms with E-state index < -0.39 is 12.2 Å². The maximum absolute atomic E-state index is 12.5. The second-order valence-corrected chi connectivity index (χ2v) is 3.72. The van der Waals surface area contributed by atoms with E-state index in [2.05, 4.69) is 0 Å². The highest BCUT2D eigenvalue weighted by atomic mass is 19.4. The highest BCUT2D eigenvalue weighted by molar-refractivity contribution is 5.36.